The van der Waals surface area contributed by atoms with Gasteiger partial charge in [0.2, 0.25) is 5.91 Å². The van der Waals surface area contributed by atoms with E-state index in [0.717, 1.165) is 19.7 Å². The lowest BCUT2D eigenvalue weighted by Gasteiger charge is -2.17. The third-order valence-electron chi connectivity index (χ3n) is 2.80. The zero-order valence-electron chi connectivity index (χ0n) is 9.00. The second kappa shape index (κ2) is 4.99. The maximum Gasteiger partial charge on any atom is 0.240 e. The van der Waals surface area contributed by atoms with Crippen LogP contribution in [0.4, 0.5) is 0 Å². The van der Waals surface area contributed by atoms with E-state index in [1.807, 2.05) is 4.90 Å². The standard InChI is InChI=1S/C10H18ClNO2/c1-7-4-12(10(13)8(2)11)5-9(7)6-14-3/h7-9H,4-6H2,1-3H3/t7-,8-,9+/m1/s1. The van der Waals surface area contributed by atoms with Gasteiger partial charge in [0.05, 0.1) is 6.61 Å². The molecular weight excluding hydrogens is 202 g/mol. The number of carbonyl (C=O) groups is 1. The predicted molar refractivity (Wildman–Crippen MR) is 56.4 cm³/mol. The molecule has 1 rings (SSSR count). The van der Waals surface area contributed by atoms with Crippen molar-refractivity contribution < 1.29 is 9.53 Å². The maximum atomic E-state index is 11.6. The number of nitrogens with zero attached hydrogens (tertiary/aromatic N) is 1. The van der Waals surface area contributed by atoms with Gasteiger partial charge in [0, 0.05) is 26.1 Å². The number of rotatable bonds is 3. The van der Waals surface area contributed by atoms with Gasteiger partial charge in [-0.15, -0.1) is 11.6 Å². The molecule has 0 N–H and O–H groups in total. The molecule has 0 radical (unpaired) electrons. The summed E-state index contributed by atoms with van der Waals surface area (Å²) in [7, 11) is 1.70. The molecule has 0 aromatic rings. The molecule has 0 aromatic carbocycles. The van der Waals surface area contributed by atoms with E-state index < -0.39 is 5.38 Å². The molecule has 0 bridgehead atoms. The van der Waals surface area contributed by atoms with Crippen LogP contribution >= 0.6 is 11.6 Å². The zero-order chi connectivity index (χ0) is 10.7. The largest absolute Gasteiger partial charge is 0.384 e. The first-order valence-corrected chi connectivity index (χ1v) is 5.41. The number of carbonyl (C=O) groups excluding carboxylic acids is 1. The fourth-order valence-electron chi connectivity index (χ4n) is 1.90. The molecule has 1 heterocycles. The summed E-state index contributed by atoms with van der Waals surface area (Å²) in [5.74, 6) is 1.01. The SMILES string of the molecule is COC[C@@H]1CN(C(=O)[C@@H](C)Cl)C[C@H]1C. The number of likely N-dealkylation sites (tertiary alicyclic amines) is 1. The van der Waals surface area contributed by atoms with Crippen molar-refractivity contribution in [3.63, 3.8) is 0 Å². The van der Waals surface area contributed by atoms with E-state index in [0.29, 0.717) is 11.8 Å². The highest BCUT2D eigenvalue weighted by atomic mass is 35.5. The minimum atomic E-state index is -0.413. The smallest absolute Gasteiger partial charge is 0.240 e. The van der Waals surface area contributed by atoms with Crippen molar-refractivity contribution in [1.29, 1.82) is 0 Å². The van der Waals surface area contributed by atoms with Crippen LogP contribution in [-0.4, -0.2) is 43.0 Å². The Kier molecular flexibility index (Phi) is 4.20. The number of halogens is 1. The molecule has 3 atom stereocenters. The fourth-order valence-corrected chi connectivity index (χ4v) is 2.03. The van der Waals surface area contributed by atoms with Crippen LogP contribution < -0.4 is 0 Å². The first-order chi connectivity index (χ1) is 6.56. The Balaban J connectivity index is 2.49. The van der Waals surface area contributed by atoms with E-state index in [2.05, 4.69) is 6.92 Å². The number of alkyl halides is 1. The van der Waals surface area contributed by atoms with Gasteiger partial charge < -0.3 is 9.64 Å². The zero-order valence-corrected chi connectivity index (χ0v) is 9.75. The van der Waals surface area contributed by atoms with E-state index in [4.69, 9.17) is 16.3 Å². The van der Waals surface area contributed by atoms with Crippen LogP contribution in [0.5, 0.6) is 0 Å². The van der Waals surface area contributed by atoms with E-state index in [9.17, 15) is 4.79 Å². The summed E-state index contributed by atoms with van der Waals surface area (Å²) in [4.78, 5) is 13.4. The Bertz CT molecular complexity index is 208. The average molecular weight is 220 g/mol. The normalized spacial score (nSPS) is 29.3. The lowest BCUT2D eigenvalue weighted by Crippen LogP contribution is -2.34. The van der Waals surface area contributed by atoms with Gasteiger partial charge >= 0.3 is 0 Å². The molecule has 1 aliphatic rings. The van der Waals surface area contributed by atoms with Gasteiger partial charge in [-0.2, -0.15) is 0 Å². The van der Waals surface area contributed by atoms with Crippen LogP contribution in [-0.2, 0) is 9.53 Å². The summed E-state index contributed by atoms with van der Waals surface area (Å²) >= 11 is 5.76. The molecule has 4 heteroatoms. The molecule has 82 valence electrons. The molecule has 1 saturated heterocycles. The molecule has 0 saturated carbocycles. The highest BCUT2D eigenvalue weighted by molar-refractivity contribution is 6.30. The molecule has 1 aliphatic heterocycles. The Morgan fingerprint density at radius 3 is 2.79 bits per heavy atom. The van der Waals surface area contributed by atoms with Crippen LogP contribution in [0.2, 0.25) is 0 Å². The number of hydrogen-bond acceptors (Lipinski definition) is 2. The number of hydrogen-bond donors (Lipinski definition) is 0. The van der Waals surface area contributed by atoms with Crippen molar-refractivity contribution in [2.24, 2.45) is 11.8 Å². The molecule has 0 aliphatic carbocycles. The molecule has 1 amide bonds. The minimum Gasteiger partial charge on any atom is -0.384 e. The van der Waals surface area contributed by atoms with E-state index in [1.54, 1.807) is 14.0 Å². The molecule has 14 heavy (non-hydrogen) atoms. The molecule has 1 fully saturated rings. The van der Waals surface area contributed by atoms with Gasteiger partial charge in [-0.1, -0.05) is 6.92 Å². The van der Waals surface area contributed by atoms with Gasteiger partial charge in [0.1, 0.15) is 5.38 Å². The van der Waals surface area contributed by atoms with E-state index in [-0.39, 0.29) is 5.91 Å². The van der Waals surface area contributed by atoms with Gasteiger partial charge in [-0.3, -0.25) is 4.79 Å². The van der Waals surface area contributed by atoms with Gasteiger partial charge in [-0.05, 0) is 12.8 Å². The molecule has 0 unspecified atom stereocenters. The molecule has 0 spiro atoms. The topological polar surface area (TPSA) is 29.5 Å². The summed E-state index contributed by atoms with van der Waals surface area (Å²) in [5, 5.41) is -0.413. The van der Waals surface area contributed by atoms with Crippen molar-refractivity contribution in [1.82, 2.24) is 4.90 Å². The summed E-state index contributed by atoms with van der Waals surface area (Å²) in [6.45, 7) is 6.19. The summed E-state index contributed by atoms with van der Waals surface area (Å²) in [6, 6.07) is 0. The lowest BCUT2D eigenvalue weighted by molar-refractivity contribution is -0.129. The summed E-state index contributed by atoms with van der Waals surface area (Å²) < 4.78 is 5.11. The number of methoxy groups -OCH3 is 1. The monoisotopic (exact) mass is 219 g/mol. The molecule has 3 nitrogen and oxygen atoms in total. The van der Waals surface area contributed by atoms with E-state index >= 15 is 0 Å². The highest BCUT2D eigenvalue weighted by Crippen LogP contribution is 2.24. The van der Waals surface area contributed by atoms with Gasteiger partial charge in [0.25, 0.3) is 0 Å². The fraction of sp³-hybridized carbons (Fsp3) is 0.900. The number of amides is 1. The van der Waals surface area contributed by atoms with Crippen LogP contribution in [0.1, 0.15) is 13.8 Å². The van der Waals surface area contributed by atoms with Crippen LogP contribution in [0.25, 0.3) is 0 Å². The van der Waals surface area contributed by atoms with Crippen LogP contribution in [0.15, 0.2) is 0 Å². The van der Waals surface area contributed by atoms with Crippen molar-refractivity contribution in [2.75, 3.05) is 26.8 Å². The Hall–Kier alpha value is -0.280. The Morgan fingerprint density at radius 2 is 2.29 bits per heavy atom. The Labute approximate surface area is 90.4 Å². The summed E-state index contributed by atoms with van der Waals surface area (Å²) in [5.41, 5.74) is 0. The van der Waals surface area contributed by atoms with E-state index in [1.165, 1.54) is 0 Å². The first-order valence-electron chi connectivity index (χ1n) is 4.98. The van der Waals surface area contributed by atoms with Crippen LogP contribution in [0.3, 0.4) is 0 Å². The third-order valence-corrected chi connectivity index (χ3v) is 2.99. The van der Waals surface area contributed by atoms with Crippen molar-refractivity contribution in [3.05, 3.63) is 0 Å². The average Bonchev–Trinajstić information content (AvgIpc) is 2.47. The second-order valence-electron chi connectivity index (χ2n) is 4.05. The van der Waals surface area contributed by atoms with Crippen molar-refractivity contribution in [2.45, 2.75) is 19.2 Å². The minimum absolute atomic E-state index is 0.0390. The highest BCUT2D eigenvalue weighted by Gasteiger charge is 2.33. The second-order valence-corrected chi connectivity index (χ2v) is 4.71. The number of ether oxygens (including phenoxy) is 1. The Morgan fingerprint density at radius 1 is 1.64 bits per heavy atom. The molecular formula is C10H18ClNO2. The first kappa shape index (κ1) is 11.8. The maximum absolute atomic E-state index is 11.6. The van der Waals surface area contributed by atoms with Gasteiger partial charge in [-0.25, -0.2) is 0 Å². The third kappa shape index (κ3) is 2.61. The molecule has 0 aromatic heterocycles. The van der Waals surface area contributed by atoms with Gasteiger partial charge in [0.15, 0.2) is 0 Å². The quantitative estimate of drug-likeness (QED) is 0.671. The predicted octanol–water partition coefficient (Wildman–Crippen LogP) is 1.35. The van der Waals surface area contributed by atoms with Crippen LogP contribution in [0, 0.1) is 11.8 Å². The van der Waals surface area contributed by atoms with Crippen molar-refractivity contribution in [3.8, 4) is 0 Å². The van der Waals surface area contributed by atoms with Crippen molar-refractivity contribution >= 4 is 17.5 Å². The lowest BCUT2D eigenvalue weighted by atomic mass is 10.00. The summed E-state index contributed by atoms with van der Waals surface area (Å²) in [6.07, 6.45) is 0.